The zero-order valence-corrected chi connectivity index (χ0v) is 12.3. The van der Waals surface area contributed by atoms with Gasteiger partial charge in [-0.05, 0) is 55.6 Å². The first kappa shape index (κ1) is 13.5. The third-order valence-electron chi connectivity index (χ3n) is 4.42. The highest BCUT2D eigenvalue weighted by molar-refractivity contribution is 5.53. The Morgan fingerprint density at radius 2 is 2.20 bits per heavy atom. The lowest BCUT2D eigenvalue weighted by atomic mass is 10.0. The summed E-state index contributed by atoms with van der Waals surface area (Å²) >= 11 is 0. The molecule has 2 fully saturated rings. The minimum Gasteiger partial charge on any atom is -0.476 e. The van der Waals surface area contributed by atoms with Gasteiger partial charge < -0.3 is 15.8 Å². The van der Waals surface area contributed by atoms with E-state index >= 15 is 0 Å². The van der Waals surface area contributed by atoms with Crippen LogP contribution in [-0.4, -0.2) is 18.1 Å². The highest BCUT2D eigenvalue weighted by atomic mass is 16.5. The fourth-order valence-electron chi connectivity index (χ4n) is 2.65. The normalized spacial score (nSPS) is 19.6. The highest BCUT2D eigenvalue weighted by Gasteiger charge is 2.41. The zero-order valence-electron chi connectivity index (χ0n) is 12.3. The molecule has 4 heteroatoms. The fraction of sp³-hybridized carbons (Fsp3) is 0.688. The number of nitrogen functional groups attached to an aromatic ring is 1. The van der Waals surface area contributed by atoms with Crippen molar-refractivity contribution < 1.29 is 4.74 Å². The average Bonchev–Trinajstić information content (AvgIpc) is 3.33. The van der Waals surface area contributed by atoms with Crippen LogP contribution in [0.1, 0.15) is 45.4 Å². The second-order valence-corrected chi connectivity index (χ2v) is 6.45. The van der Waals surface area contributed by atoms with Crippen LogP contribution in [0.5, 0.6) is 5.88 Å². The van der Waals surface area contributed by atoms with E-state index in [4.69, 9.17) is 10.5 Å². The largest absolute Gasteiger partial charge is 0.476 e. The van der Waals surface area contributed by atoms with E-state index in [1.54, 1.807) is 0 Å². The van der Waals surface area contributed by atoms with Crippen LogP contribution in [0.2, 0.25) is 0 Å². The number of hydrogen-bond donors (Lipinski definition) is 2. The summed E-state index contributed by atoms with van der Waals surface area (Å²) < 4.78 is 5.72. The van der Waals surface area contributed by atoms with E-state index in [-0.39, 0.29) is 0 Å². The van der Waals surface area contributed by atoms with Crippen molar-refractivity contribution in [2.45, 2.75) is 45.4 Å². The molecule has 4 nitrogen and oxygen atoms in total. The van der Waals surface area contributed by atoms with Crippen LogP contribution >= 0.6 is 0 Å². The summed E-state index contributed by atoms with van der Waals surface area (Å²) in [4.78, 5) is 4.50. The van der Waals surface area contributed by atoms with Gasteiger partial charge in [-0.1, -0.05) is 13.3 Å². The van der Waals surface area contributed by atoms with Crippen LogP contribution in [0.3, 0.4) is 0 Å². The van der Waals surface area contributed by atoms with Crippen molar-refractivity contribution in [1.82, 2.24) is 4.98 Å². The lowest BCUT2D eigenvalue weighted by Crippen LogP contribution is -2.16. The predicted molar refractivity (Wildman–Crippen MR) is 81.9 cm³/mol. The lowest BCUT2D eigenvalue weighted by molar-refractivity contribution is 0.290. The van der Waals surface area contributed by atoms with Gasteiger partial charge in [0.15, 0.2) is 0 Å². The van der Waals surface area contributed by atoms with Gasteiger partial charge in [-0.2, -0.15) is 4.98 Å². The molecule has 0 atom stereocenters. The summed E-state index contributed by atoms with van der Waals surface area (Å²) in [6, 6.07) is 3.83. The van der Waals surface area contributed by atoms with Crippen LogP contribution in [0.25, 0.3) is 0 Å². The maximum atomic E-state index is 5.92. The molecule has 0 unspecified atom stereocenters. The standard InChI is InChI=1S/C16H25N3O/c1-2-7-16(8-9-16)11-18-14-6-5-13(17)15(19-14)20-10-12-3-4-12/h5-6,12H,2-4,7-11,17H2,1H3,(H,18,19). The molecule has 1 heterocycles. The topological polar surface area (TPSA) is 60.2 Å². The summed E-state index contributed by atoms with van der Waals surface area (Å²) in [6.45, 7) is 4.02. The molecular formula is C16H25N3O. The molecule has 2 aliphatic rings. The SMILES string of the molecule is CCCC1(CNc2ccc(N)c(OCC3CC3)n2)CC1. The zero-order chi connectivity index (χ0) is 14.0. The van der Waals surface area contributed by atoms with Crippen molar-refractivity contribution in [2.24, 2.45) is 11.3 Å². The Kier molecular flexibility index (Phi) is 3.72. The Labute approximate surface area is 121 Å². The summed E-state index contributed by atoms with van der Waals surface area (Å²) in [7, 11) is 0. The van der Waals surface area contributed by atoms with E-state index in [0.29, 0.717) is 22.9 Å². The molecule has 0 spiro atoms. The number of nitrogens with two attached hydrogens (primary N) is 1. The molecule has 2 saturated carbocycles. The van der Waals surface area contributed by atoms with Crippen molar-refractivity contribution >= 4 is 11.5 Å². The molecule has 0 saturated heterocycles. The molecule has 20 heavy (non-hydrogen) atoms. The molecular weight excluding hydrogens is 250 g/mol. The molecule has 0 bridgehead atoms. The predicted octanol–water partition coefficient (Wildman–Crippen LogP) is 3.44. The van der Waals surface area contributed by atoms with Crippen molar-refractivity contribution in [3.05, 3.63) is 12.1 Å². The van der Waals surface area contributed by atoms with E-state index < -0.39 is 0 Å². The number of nitrogens with zero attached hydrogens (tertiary/aromatic N) is 1. The maximum Gasteiger partial charge on any atom is 0.239 e. The van der Waals surface area contributed by atoms with Crippen molar-refractivity contribution in [3.63, 3.8) is 0 Å². The minimum atomic E-state index is 0.521. The highest BCUT2D eigenvalue weighted by Crippen LogP contribution is 2.49. The van der Waals surface area contributed by atoms with E-state index in [9.17, 15) is 0 Å². The Hall–Kier alpha value is -1.45. The van der Waals surface area contributed by atoms with E-state index in [0.717, 1.165) is 19.0 Å². The maximum absolute atomic E-state index is 5.92. The third kappa shape index (κ3) is 3.35. The van der Waals surface area contributed by atoms with Crippen LogP contribution in [-0.2, 0) is 0 Å². The smallest absolute Gasteiger partial charge is 0.239 e. The van der Waals surface area contributed by atoms with Crippen LogP contribution in [0, 0.1) is 11.3 Å². The second-order valence-electron chi connectivity index (χ2n) is 6.45. The van der Waals surface area contributed by atoms with Crippen LogP contribution < -0.4 is 15.8 Å². The number of hydrogen-bond acceptors (Lipinski definition) is 4. The average molecular weight is 275 g/mol. The molecule has 0 radical (unpaired) electrons. The number of ether oxygens (including phenoxy) is 1. The first-order valence-corrected chi connectivity index (χ1v) is 7.84. The molecule has 3 N–H and O–H groups in total. The van der Waals surface area contributed by atoms with Crippen molar-refractivity contribution in [3.8, 4) is 5.88 Å². The third-order valence-corrected chi connectivity index (χ3v) is 4.42. The van der Waals surface area contributed by atoms with Gasteiger partial charge in [-0.15, -0.1) is 0 Å². The quantitative estimate of drug-likeness (QED) is 0.763. The lowest BCUT2D eigenvalue weighted by Gasteiger charge is -2.16. The Morgan fingerprint density at radius 1 is 1.40 bits per heavy atom. The van der Waals surface area contributed by atoms with Gasteiger partial charge in [-0.3, -0.25) is 0 Å². The van der Waals surface area contributed by atoms with Crippen molar-refractivity contribution in [1.29, 1.82) is 0 Å². The molecule has 1 aromatic rings. The first-order valence-electron chi connectivity index (χ1n) is 7.84. The minimum absolute atomic E-state index is 0.521. The van der Waals surface area contributed by atoms with Crippen LogP contribution in [0.15, 0.2) is 12.1 Å². The van der Waals surface area contributed by atoms with Crippen molar-refractivity contribution in [2.75, 3.05) is 24.2 Å². The van der Waals surface area contributed by atoms with Gasteiger partial charge >= 0.3 is 0 Å². The first-order chi connectivity index (χ1) is 9.71. The Balaban J connectivity index is 1.56. The number of pyridine rings is 1. The van der Waals surface area contributed by atoms with Gasteiger partial charge in [0.1, 0.15) is 5.82 Å². The molecule has 2 aliphatic carbocycles. The van der Waals surface area contributed by atoms with Crippen LogP contribution in [0.4, 0.5) is 11.5 Å². The molecule has 3 rings (SSSR count). The molecule has 0 aliphatic heterocycles. The van der Waals surface area contributed by atoms with Gasteiger partial charge in [0.25, 0.3) is 0 Å². The van der Waals surface area contributed by atoms with Gasteiger partial charge in [-0.25, -0.2) is 0 Å². The Bertz CT molecular complexity index is 467. The fourth-order valence-corrected chi connectivity index (χ4v) is 2.65. The molecule has 1 aromatic heterocycles. The summed E-state index contributed by atoms with van der Waals surface area (Å²) in [6.07, 6.45) is 7.79. The summed E-state index contributed by atoms with van der Waals surface area (Å²) in [5.41, 5.74) is 7.07. The van der Waals surface area contributed by atoms with Gasteiger partial charge in [0.05, 0.1) is 12.3 Å². The van der Waals surface area contributed by atoms with Gasteiger partial charge in [0.2, 0.25) is 5.88 Å². The molecule has 0 aromatic carbocycles. The van der Waals surface area contributed by atoms with E-state index in [2.05, 4.69) is 17.2 Å². The number of nitrogens with one attached hydrogen (secondary N) is 1. The number of rotatable bonds is 8. The Morgan fingerprint density at radius 3 is 2.85 bits per heavy atom. The van der Waals surface area contributed by atoms with E-state index in [1.807, 2.05) is 12.1 Å². The van der Waals surface area contributed by atoms with E-state index in [1.165, 1.54) is 38.5 Å². The second kappa shape index (κ2) is 5.51. The number of aromatic nitrogens is 1. The summed E-state index contributed by atoms with van der Waals surface area (Å²) in [5, 5.41) is 3.46. The van der Waals surface area contributed by atoms with Gasteiger partial charge in [0, 0.05) is 6.54 Å². The molecule has 0 amide bonds. The molecule has 110 valence electrons. The number of anilines is 2. The monoisotopic (exact) mass is 275 g/mol. The summed E-state index contributed by atoms with van der Waals surface area (Å²) in [5.74, 6) is 2.18.